The third-order valence-electron chi connectivity index (χ3n) is 3.35. The largest absolute Gasteiger partial charge is 0.373 e. The van der Waals surface area contributed by atoms with Gasteiger partial charge in [0.25, 0.3) is 0 Å². The predicted octanol–water partition coefficient (Wildman–Crippen LogP) is 4.30. The molecule has 0 aromatic carbocycles. The van der Waals surface area contributed by atoms with Crippen LogP contribution in [0.5, 0.6) is 0 Å². The Morgan fingerprint density at radius 1 is 1.19 bits per heavy atom. The lowest BCUT2D eigenvalue weighted by molar-refractivity contribution is 0.0975. The second-order valence-corrected chi connectivity index (χ2v) is 6.13. The van der Waals surface area contributed by atoms with Gasteiger partial charge in [-0.3, -0.25) is 0 Å². The molecule has 0 aliphatic heterocycles. The minimum absolute atomic E-state index is 0.534. The lowest BCUT2D eigenvalue weighted by Crippen LogP contribution is -2.19. The Balaban J connectivity index is 2.01. The summed E-state index contributed by atoms with van der Waals surface area (Å²) >= 11 is 0. The van der Waals surface area contributed by atoms with E-state index in [-0.39, 0.29) is 0 Å². The van der Waals surface area contributed by atoms with Gasteiger partial charge in [0.05, 0.1) is 5.69 Å². The Bertz CT molecular complexity index is 350. The van der Waals surface area contributed by atoms with Crippen LogP contribution >= 0.6 is 0 Å². The van der Waals surface area contributed by atoms with Gasteiger partial charge in [0.2, 0.25) is 0 Å². The third kappa shape index (κ3) is 9.64. The Morgan fingerprint density at radius 3 is 2.71 bits per heavy atom. The summed E-state index contributed by atoms with van der Waals surface area (Å²) in [7, 11) is 0. The number of nitrogens with one attached hydrogen (secondary N) is 1. The Morgan fingerprint density at radius 2 is 1.95 bits per heavy atom. The van der Waals surface area contributed by atoms with E-state index in [1.807, 2.05) is 6.07 Å². The highest BCUT2D eigenvalue weighted by molar-refractivity contribution is 5.04. The molecule has 4 heteroatoms. The number of hydrogen-bond donors (Lipinski definition) is 1. The van der Waals surface area contributed by atoms with Crippen LogP contribution in [0.4, 0.5) is 0 Å². The van der Waals surface area contributed by atoms with Gasteiger partial charge in [-0.1, -0.05) is 58.0 Å². The number of unbranched alkanes of at least 4 members (excludes halogenated alkanes) is 5. The number of hydrogen-bond acceptors (Lipinski definition) is 4. The molecular formula is C17H32N2O2. The molecule has 1 rings (SSSR count). The van der Waals surface area contributed by atoms with Crippen LogP contribution in [-0.4, -0.2) is 18.3 Å². The fourth-order valence-corrected chi connectivity index (χ4v) is 2.15. The molecule has 21 heavy (non-hydrogen) atoms. The van der Waals surface area contributed by atoms with Crippen LogP contribution in [0.2, 0.25) is 0 Å². The number of ether oxygens (including phenoxy) is 1. The first-order valence-electron chi connectivity index (χ1n) is 8.45. The molecule has 122 valence electrons. The standard InChI is InChI=1S/C17H32N2O2/c1-4-5-6-7-8-9-10-20-14-17-11-16(19-21-17)13-18-12-15(2)3/h11,15,18H,4-10,12-14H2,1-3H3. The first-order chi connectivity index (χ1) is 10.2. The highest BCUT2D eigenvalue weighted by Gasteiger charge is 2.04. The molecule has 1 aromatic heterocycles. The molecule has 1 N–H and O–H groups in total. The van der Waals surface area contributed by atoms with Gasteiger partial charge >= 0.3 is 0 Å². The molecule has 1 heterocycles. The van der Waals surface area contributed by atoms with Gasteiger partial charge < -0.3 is 14.6 Å². The first-order valence-corrected chi connectivity index (χ1v) is 8.45. The minimum Gasteiger partial charge on any atom is -0.373 e. The Kier molecular flexibility index (Phi) is 10.2. The van der Waals surface area contributed by atoms with Crippen LogP contribution in [-0.2, 0) is 17.9 Å². The van der Waals surface area contributed by atoms with Crippen molar-refractivity contribution in [3.8, 4) is 0 Å². The average molecular weight is 296 g/mol. The second-order valence-electron chi connectivity index (χ2n) is 6.13. The molecule has 0 unspecified atom stereocenters. The van der Waals surface area contributed by atoms with E-state index in [0.29, 0.717) is 12.5 Å². The Hall–Kier alpha value is -0.870. The van der Waals surface area contributed by atoms with Gasteiger partial charge in [-0.2, -0.15) is 0 Å². The first kappa shape index (κ1) is 18.2. The molecule has 1 aromatic rings. The van der Waals surface area contributed by atoms with Crippen molar-refractivity contribution >= 4 is 0 Å². The lowest BCUT2D eigenvalue weighted by Gasteiger charge is -2.04. The molecule has 0 saturated carbocycles. The molecule has 4 nitrogen and oxygen atoms in total. The normalized spacial score (nSPS) is 11.4. The third-order valence-corrected chi connectivity index (χ3v) is 3.35. The van der Waals surface area contributed by atoms with E-state index in [0.717, 1.165) is 37.6 Å². The molecule has 0 fully saturated rings. The van der Waals surface area contributed by atoms with E-state index >= 15 is 0 Å². The van der Waals surface area contributed by atoms with Crippen LogP contribution in [0, 0.1) is 5.92 Å². The summed E-state index contributed by atoms with van der Waals surface area (Å²) in [5, 5.41) is 7.40. The van der Waals surface area contributed by atoms with Crippen LogP contribution in [0.15, 0.2) is 10.6 Å². The smallest absolute Gasteiger partial charge is 0.162 e. The zero-order valence-corrected chi connectivity index (χ0v) is 14.0. The van der Waals surface area contributed by atoms with Crippen LogP contribution in [0.1, 0.15) is 70.8 Å². The molecule has 0 atom stereocenters. The van der Waals surface area contributed by atoms with Crippen molar-refractivity contribution < 1.29 is 9.26 Å². The number of rotatable bonds is 13. The van der Waals surface area contributed by atoms with Crippen LogP contribution < -0.4 is 5.32 Å². The van der Waals surface area contributed by atoms with Crippen LogP contribution in [0.3, 0.4) is 0 Å². The van der Waals surface area contributed by atoms with Crippen molar-refractivity contribution in [3.05, 3.63) is 17.5 Å². The highest BCUT2D eigenvalue weighted by atomic mass is 16.5. The van der Waals surface area contributed by atoms with E-state index in [4.69, 9.17) is 9.26 Å². The van der Waals surface area contributed by atoms with Gasteiger partial charge in [-0.25, -0.2) is 0 Å². The summed E-state index contributed by atoms with van der Waals surface area (Å²) in [6.07, 6.45) is 7.74. The Labute approximate surface area is 129 Å². The van der Waals surface area contributed by atoms with Crippen molar-refractivity contribution in [3.63, 3.8) is 0 Å². The number of nitrogens with zero attached hydrogens (tertiary/aromatic N) is 1. The minimum atomic E-state index is 0.534. The lowest BCUT2D eigenvalue weighted by atomic mass is 10.1. The van der Waals surface area contributed by atoms with Gasteiger partial charge in [0, 0.05) is 19.2 Å². The van der Waals surface area contributed by atoms with E-state index in [1.165, 1.54) is 32.1 Å². The molecular weight excluding hydrogens is 264 g/mol. The average Bonchev–Trinajstić information content (AvgIpc) is 2.89. The highest BCUT2D eigenvalue weighted by Crippen LogP contribution is 2.08. The van der Waals surface area contributed by atoms with Crippen molar-refractivity contribution in [1.82, 2.24) is 10.5 Å². The van der Waals surface area contributed by atoms with Crippen molar-refractivity contribution in [2.45, 2.75) is 72.4 Å². The fourth-order valence-electron chi connectivity index (χ4n) is 2.15. The quantitative estimate of drug-likeness (QED) is 0.551. The SMILES string of the molecule is CCCCCCCCOCc1cc(CNCC(C)C)no1. The van der Waals surface area contributed by atoms with Crippen molar-refractivity contribution in [2.24, 2.45) is 5.92 Å². The van der Waals surface area contributed by atoms with Crippen LogP contribution in [0.25, 0.3) is 0 Å². The number of aromatic nitrogens is 1. The maximum atomic E-state index is 5.63. The summed E-state index contributed by atoms with van der Waals surface area (Å²) in [4.78, 5) is 0. The fraction of sp³-hybridized carbons (Fsp3) is 0.824. The maximum absolute atomic E-state index is 5.63. The molecule has 0 aliphatic rings. The van der Waals surface area contributed by atoms with E-state index in [1.54, 1.807) is 0 Å². The zero-order chi connectivity index (χ0) is 15.3. The van der Waals surface area contributed by atoms with E-state index < -0.39 is 0 Å². The maximum Gasteiger partial charge on any atom is 0.162 e. The molecule has 0 saturated heterocycles. The summed E-state index contributed by atoms with van der Waals surface area (Å²) in [6, 6.07) is 1.98. The monoisotopic (exact) mass is 296 g/mol. The molecule has 0 aliphatic carbocycles. The topological polar surface area (TPSA) is 47.3 Å². The molecule has 0 bridgehead atoms. The molecule has 0 spiro atoms. The summed E-state index contributed by atoms with van der Waals surface area (Å²) < 4.78 is 10.9. The van der Waals surface area contributed by atoms with Gasteiger partial charge in [0.1, 0.15) is 6.61 Å². The van der Waals surface area contributed by atoms with Crippen molar-refractivity contribution in [1.29, 1.82) is 0 Å². The predicted molar refractivity (Wildman–Crippen MR) is 86.1 cm³/mol. The summed E-state index contributed by atoms with van der Waals surface area (Å²) in [5.74, 6) is 1.47. The summed E-state index contributed by atoms with van der Waals surface area (Å²) in [5.41, 5.74) is 0.953. The van der Waals surface area contributed by atoms with Gasteiger partial charge in [-0.15, -0.1) is 0 Å². The van der Waals surface area contributed by atoms with Gasteiger partial charge in [-0.05, 0) is 18.9 Å². The van der Waals surface area contributed by atoms with E-state index in [9.17, 15) is 0 Å². The summed E-state index contributed by atoms with van der Waals surface area (Å²) in [6.45, 7) is 9.73. The van der Waals surface area contributed by atoms with Crippen molar-refractivity contribution in [2.75, 3.05) is 13.2 Å². The zero-order valence-electron chi connectivity index (χ0n) is 14.0. The van der Waals surface area contributed by atoms with Gasteiger partial charge in [0.15, 0.2) is 5.76 Å². The van der Waals surface area contributed by atoms with E-state index in [2.05, 4.69) is 31.2 Å². The second kappa shape index (κ2) is 11.8. The molecule has 0 amide bonds. The molecule has 0 radical (unpaired) electrons.